The van der Waals surface area contributed by atoms with Crippen molar-refractivity contribution in [1.29, 1.82) is 0 Å². The number of hydrogen-bond donors (Lipinski definition) is 1. The topological polar surface area (TPSA) is 42.2 Å². The van der Waals surface area contributed by atoms with Crippen molar-refractivity contribution in [3.05, 3.63) is 16.1 Å². The van der Waals surface area contributed by atoms with Crippen molar-refractivity contribution in [3.63, 3.8) is 0 Å². The first-order valence-electron chi connectivity index (χ1n) is 7.65. The highest BCUT2D eigenvalue weighted by Crippen LogP contribution is 2.24. The normalized spacial score (nSPS) is 24.0. The molecule has 0 saturated heterocycles. The average Bonchev–Trinajstić information content (AvgIpc) is 2.87. The summed E-state index contributed by atoms with van der Waals surface area (Å²) in [7, 11) is 0. The Labute approximate surface area is 121 Å². The van der Waals surface area contributed by atoms with E-state index in [9.17, 15) is 0 Å². The first kappa shape index (κ1) is 14.9. The Morgan fingerprint density at radius 1 is 1.32 bits per heavy atom. The van der Waals surface area contributed by atoms with E-state index in [1.807, 2.05) is 0 Å². The molecule has 0 aromatic carbocycles. The fourth-order valence-corrected chi connectivity index (χ4v) is 3.67. The van der Waals surface area contributed by atoms with Gasteiger partial charge in [-0.05, 0) is 45.1 Å². The third kappa shape index (κ3) is 4.26. The standard InChI is InChI=1S/C15H27N3S/c1-3-9-18(14-7-5-12(16)6-8-14)10-13-11-19-15(4-2)17-13/h11-12,14H,3-10,16H2,1-2H3. The lowest BCUT2D eigenvalue weighted by Crippen LogP contribution is -2.40. The van der Waals surface area contributed by atoms with Crippen molar-refractivity contribution in [3.8, 4) is 0 Å². The minimum absolute atomic E-state index is 0.436. The minimum atomic E-state index is 0.436. The lowest BCUT2D eigenvalue weighted by molar-refractivity contribution is 0.140. The second kappa shape index (κ2) is 7.36. The van der Waals surface area contributed by atoms with E-state index in [1.165, 1.54) is 49.4 Å². The van der Waals surface area contributed by atoms with Crippen LogP contribution in [-0.2, 0) is 13.0 Å². The number of hydrogen-bond acceptors (Lipinski definition) is 4. The van der Waals surface area contributed by atoms with Crippen molar-refractivity contribution in [1.82, 2.24) is 9.88 Å². The van der Waals surface area contributed by atoms with Crippen LogP contribution in [-0.4, -0.2) is 28.5 Å². The molecule has 1 aliphatic carbocycles. The molecule has 0 unspecified atom stereocenters. The van der Waals surface area contributed by atoms with E-state index in [1.54, 1.807) is 11.3 Å². The molecule has 0 radical (unpaired) electrons. The molecule has 1 saturated carbocycles. The highest BCUT2D eigenvalue weighted by Gasteiger charge is 2.24. The van der Waals surface area contributed by atoms with Gasteiger partial charge in [0.1, 0.15) is 0 Å². The summed E-state index contributed by atoms with van der Waals surface area (Å²) in [6.45, 7) is 6.64. The van der Waals surface area contributed by atoms with Crippen LogP contribution in [0.3, 0.4) is 0 Å². The summed E-state index contributed by atoms with van der Waals surface area (Å²) in [5.41, 5.74) is 7.27. The van der Waals surface area contributed by atoms with Crippen LogP contribution in [0.15, 0.2) is 5.38 Å². The van der Waals surface area contributed by atoms with Crippen molar-refractivity contribution in [2.75, 3.05) is 6.54 Å². The third-order valence-corrected chi connectivity index (χ3v) is 5.08. The number of aromatic nitrogens is 1. The van der Waals surface area contributed by atoms with Crippen LogP contribution in [0.25, 0.3) is 0 Å². The summed E-state index contributed by atoms with van der Waals surface area (Å²) < 4.78 is 0. The fourth-order valence-electron chi connectivity index (χ4n) is 2.94. The monoisotopic (exact) mass is 281 g/mol. The molecular weight excluding hydrogens is 254 g/mol. The molecule has 0 amide bonds. The van der Waals surface area contributed by atoms with Crippen LogP contribution in [0.1, 0.15) is 56.7 Å². The average molecular weight is 281 g/mol. The van der Waals surface area contributed by atoms with Gasteiger partial charge in [-0.15, -0.1) is 11.3 Å². The molecule has 0 spiro atoms. The summed E-state index contributed by atoms with van der Waals surface area (Å²) in [6, 6.07) is 1.15. The smallest absolute Gasteiger partial charge is 0.0926 e. The molecular formula is C15H27N3S. The molecule has 19 heavy (non-hydrogen) atoms. The molecule has 108 valence electrons. The number of rotatable bonds is 6. The number of thiazole rings is 1. The summed E-state index contributed by atoms with van der Waals surface area (Å²) in [4.78, 5) is 7.34. The van der Waals surface area contributed by atoms with Gasteiger partial charge < -0.3 is 5.73 Å². The van der Waals surface area contributed by atoms with Crippen molar-refractivity contribution < 1.29 is 0 Å². The predicted octanol–water partition coefficient (Wildman–Crippen LogP) is 3.19. The van der Waals surface area contributed by atoms with Gasteiger partial charge in [-0.25, -0.2) is 4.98 Å². The van der Waals surface area contributed by atoms with Crippen LogP contribution in [0, 0.1) is 0 Å². The predicted molar refractivity (Wildman–Crippen MR) is 82.4 cm³/mol. The Hall–Kier alpha value is -0.450. The molecule has 0 bridgehead atoms. The number of nitrogens with two attached hydrogens (primary N) is 1. The molecule has 1 aromatic heterocycles. The second-order valence-electron chi connectivity index (χ2n) is 5.63. The van der Waals surface area contributed by atoms with Gasteiger partial charge in [-0.2, -0.15) is 0 Å². The molecule has 1 aromatic rings. The molecule has 2 N–H and O–H groups in total. The first-order chi connectivity index (χ1) is 9.22. The van der Waals surface area contributed by atoms with E-state index in [4.69, 9.17) is 10.7 Å². The third-order valence-electron chi connectivity index (χ3n) is 4.04. The SMILES string of the molecule is CCCN(Cc1csc(CC)n1)C1CCC(N)CC1. The van der Waals surface area contributed by atoms with Gasteiger partial charge in [0.05, 0.1) is 10.7 Å². The van der Waals surface area contributed by atoms with Crippen LogP contribution in [0.5, 0.6) is 0 Å². The van der Waals surface area contributed by atoms with E-state index in [0.717, 1.165) is 13.0 Å². The van der Waals surface area contributed by atoms with Gasteiger partial charge in [-0.3, -0.25) is 4.90 Å². The maximum absolute atomic E-state index is 6.02. The van der Waals surface area contributed by atoms with Crippen molar-refractivity contribution in [2.24, 2.45) is 5.73 Å². The van der Waals surface area contributed by atoms with Crippen LogP contribution >= 0.6 is 11.3 Å². The van der Waals surface area contributed by atoms with E-state index in [-0.39, 0.29) is 0 Å². The summed E-state index contributed by atoms with van der Waals surface area (Å²) in [5.74, 6) is 0. The fraction of sp³-hybridized carbons (Fsp3) is 0.800. The second-order valence-corrected chi connectivity index (χ2v) is 6.57. The van der Waals surface area contributed by atoms with E-state index < -0.39 is 0 Å². The van der Waals surface area contributed by atoms with Gasteiger partial charge in [0.2, 0.25) is 0 Å². The Kier molecular flexibility index (Phi) is 5.79. The lowest BCUT2D eigenvalue weighted by atomic mass is 9.90. The zero-order valence-electron chi connectivity index (χ0n) is 12.3. The Bertz CT molecular complexity index is 369. The summed E-state index contributed by atoms with van der Waals surface area (Å²) in [6.07, 6.45) is 7.15. The van der Waals surface area contributed by atoms with Crippen LogP contribution in [0.4, 0.5) is 0 Å². The summed E-state index contributed by atoms with van der Waals surface area (Å²) in [5, 5.41) is 3.49. The molecule has 4 heteroatoms. The van der Waals surface area contributed by atoms with Gasteiger partial charge in [-0.1, -0.05) is 13.8 Å². The molecule has 2 rings (SSSR count). The van der Waals surface area contributed by atoms with Crippen LogP contribution in [0.2, 0.25) is 0 Å². The largest absolute Gasteiger partial charge is 0.328 e. The van der Waals surface area contributed by atoms with Crippen molar-refractivity contribution in [2.45, 2.75) is 71.0 Å². The minimum Gasteiger partial charge on any atom is -0.328 e. The Morgan fingerprint density at radius 2 is 2.05 bits per heavy atom. The highest BCUT2D eigenvalue weighted by molar-refractivity contribution is 7.09. The van der Waals surface area contributed by atoms with E-state index in [2.05, 4.69) is 24.1 Å². The van der Waals surface area contributed by atoms with Gasteiger partial charge in [0.25, 0.3) is 0 Å². The van der Waals surface area contributed by atoms with Gasteiger partial charge >= 0.3 is 0 Å². The lowest BCUT2D eigenvalue weighted by Gasteiger charge is -2.35. The van der Waals surface area contributed by atoms with E-state index in [0.29, 0.717) is 12.1 Å². The molecule has 0 aliphatic heterocycles. The molecule has 1 heterocycles. The first-order valence-corrected chi connectivity index (χ1v) is 8.53. The molecule has 3 nitrogen and oxygen atoms in total. The highest BCUT2D eigenvalue weighted by atomic mass is 32.1. The zero-order chi connectivity index (χ0) is 13.7. The van der Waals surface area contributed by atoms with Gasteiger partial charge in [0.15, 0.2) is 0 Å². The Balaban J connectivity index is 1.95. The van der Waals surface area contributed by atoms with E-state index >= 15 is 0 Å². The van der Waals surface area contributed by atoms with Crippen molar-refractivity contribution >= 4 is 11.3 Å². The molecule has 0 atom stereocenters. The summed E-state index contributed by atoms with van der Waals surface area (Å²) >= 11 is 1.80. The van der Waals surface area contributed by atoms with Crippen LogP contribution < -0.4 is 5.73 Å². The number of nitrogens with zero attached hydrogens (tertiary/aromatic N) is 2. The molecule has 1 aliphatic rings. The van der Waals surface area contributed by atoms with Gasteiger partial charge in [0, 0.05) is 24.0 Å². The molecule has 1 fully saturated rings. The maximum atomic E-state index is 6.02. The number of aryl methyl sites for hydroxylation is 1. The maximum Gasteiger partial charge on any atom is 0.0926 e. The quantitative estimate of drug-likeness (QED) is 0.871. The Morgan fingerprint density at radius 3 is 2.63 bits per heavy atom. The zero-order valence-corrected chi connectivity index (χ0v) is 13.1.